The Morgan fingerprint density at radius 2 is 1.61 bits per heavy atom. The molecule has 0 atom stereocenters. The normalized spacial score (nSPS) is 11.6. The molecule has 0 saturated carbocycles. The lowest BCUT2D eigenvalue weighted by Crippen LogP contribution is -2.05. The topological polar surface area (TPSA) is 20.2 Å². The highest BCUT2D eigenvalue weighted by atomic mass is 19.4. The second-order valence-electron chi connectivity index (χ2n) is 3.71. The van der Waals surface area contributed by atoms with Crippen molar-refractivity contribution in [1.82, 2.24) is 0 Å². The molecule has 0 fully saturated rings. The van der Waals surface area contributed by atoms with Gasteiger partial charge in [0.2, 0.25) is 0 Å². The van der Waals surface area contributed by atoms with Crippen LogP contribution in [0.2, 0.25) is 0 Å². The molecule has 2 aromatic rings. The molecule has 5 heteroatoms. The smallest absolute Gasteiger partial charge is 0.419 e. The van der Waals surface area contributed by atoms with Gasteiger partial charge in [-0.05, 0) is 23.8 Å². The Hall–Kier alpha value is -2.04. The van der Waals surface area contributed by atoms with E-state index in [0.717, 1.165) is 18.2 Å². The first-order valence-electron chi connectivity index (χ1n) is 5.04. The Kier molecular flexibility index (Phi) is 2.98. The Labute approximate surface area is 100 Å². The maximum absolute atomic E-state index is 13.5. The summed E-state index contributed by atoms with van der Waals surface area (Å²) in [6.07, 6.45) is -4.68. The van der Waals surface area contributed by atoms with Gasteiger partial charge in [0.1, 0.15) is 11.6 Å². The molecule has 0 spiro atoms. The summed E-state index contributed by atoms with van der Waals surface area (Å²) < 4.78 is 51.2. The minimum atomic E-state index is -4.68. The average Bonchev–Trinajstić information content (AvgIpc) is 2.29. The van der Waals surface area contributed by atoms with Crippen LogP contribution in [0.15, 0.2) is 42.5 Å². The number of rotatable bonds is 1. The zero-order valence-corrected chi connectivity index (χ0v) is 9.00. The van der Waals surface area contributed by atoms with Crippen LogP contribution in [0.4, 0.5) is 17.6 Å². The molecule has 1 nitrogen and oxygen atoms in total. The van der Waals surface area contributed by atoms with Crippen LogP contribution >= 0.6 is 0 Å². The largest absolute Gasteiger partial charge is 0.507 e. The number of alkyl halides is 3. The third-order valence-corrected chi connectivity index (χ3v) is 2.49. The van der Waals surface area contributed by atoms with Gasteiger partial charge in [-0.3, -0.25) is 0 Å². The molecule has 0 saturated heterocycles. The van der Waals surface area contributed by atoms with E-state index in [1.54, 1.807) is 0 Å². The molecule has 18 heavy (non-hydrogen) atoms. The van der Waals surface area contributed by atoms with Crippen LogP contribution in [0.25, 0.3) is 11.1 Å². The zero-order valence-electron chi connectivity index (χ0n) is 9.00. The first kappa shape index (κ1) is 12.4. The molecule has 0 aliphatic rings. The molecule has 0 radical (unpaired) electrons. The second-order valence-corrected chi connectivity index (χ2v) is 3.71. The van der Waals surface area contributed by atoms with Crippen LogP contribution in [0.5, 0.6) is 5.75 Å². The van der Waals surface area contributed by atoms with E-state index in [2.05, 4.69) is 0 Å². The van der Waals surface area contributed by atoms with Crippen molar-refractivity contribution in [2.24, 2.45) is 0 Å². The number of hydrogen-bond donors (Lipinski definition) is 1. The van der Waals surface area contributed by atoms with Crippen LogP contribution in [-0.2, 0) is 6.18 Å². The lowest BCUT2D eigenvalue weighted by atomic mass is 10.0. The molecule has 0 bridgehead atoms. The number of hydrogen-bond acceptors (Lipinski definition) is 1. The molecule has 94 valence electrons. The lowest BCUT2D eigenvalue weighted by molar-refractivity contribution is -0.138. The molecule has 2 aromatic carbocycles. The van der Waals surface area contributed by atoms with Gasteiger partial charge in [0, 0.05) is 5.56 Å². The van der Waals surface area contributed by atoms with Gasteiger partial charge in [-0.15, -0.1) is 0 Å². The predicted molar refractivity (Wildman–Crippen MR) is 58.5 cm³/mol. The van der Waals surface area contributed by atoms with E-state index in [-0.39, 0.29) is 11.1 Å². The number of aromatic hydroxyl groups is 1. The molecular weight excluding hydrogens is 248 g/mol. The standard InChI is InChI=1S/C13H8F4O/c14-11-4-2-1-3-9(11)8-5-6-12(18)10(7-8)13(15,16)17/h1-7,18H. The summed E-state index contributed by atoms with van der Waals surface area (Å²) in [6, 6.07) is 8.39. The third-order valence-electron chi connectivity index (χ3n) is 2.49. The van der Waals surface area contributed by atoms with Gasteiger partial charge in [-0.1, -0.05) is 24.3 Å². The highest BCUT2D eigenvalue weighted by Crippen LogP contribution is 2.38. The Morgan fingerprint density at radius 3 is 2.22 bits per heavy atom. The van der Waals surface area contributed by atoms with Crippen molar-refractivity contribution in [3.8, 4) is 16.9 Å². The van der Waals surface area contributed by atoms with E-state index >= 15 is 0 Å². The molecule has 1 N–H and O–H groups in total. The number of phenols is 1. The van der Waals surface area contributed by atoms with E-state index in [4.69, 9.17) is 0 Å². The summed E-state index contributed by atoms with van der Waals surface area (Å²) >= 11 is 0. The van der Waals surface area contributed by atoms with Crippen molar-refractivity contribution in [1.29, 1.82) is 0 Å². The SMILES string of the molecule is Oc1ccc(-c2ccccc2F)cc1C(F)(F)F. The zero-order chi connectivity index (χ0) is 13.3. The molecule has 0 aliphatic carbocycles. The third kappa shape index (κ3) is 2.30. The van der Waals surface area contributed by atoms with E-state index in [1.807, 2.05) is 0 Å². The Balaban J connectivity index is 2.58. The maximum atomic E-state index is 13.5. The predicted octanol–water partition coefficient (Wildman–Crippen LogP) is 4.22. The quantitative estimate of drug-likeness (QED) is 0.757. The van der Waals surface area contributed by atoms with Crippen molar-refractivity contribution in [3.05, 3.63) is 53.8 Å². The van der Waals surface area contributed by atoms with Crippen LogP contribution in [0.1, 0.15) is 5.56 Å². The molecular formula is C13H8F4O. The minimum Gasteiger partial charge on any atom is -0.507 e. The fourth-order valence-electron chi connectivity index (χ4n) is 1.63. The fourth-order valence-corrected chi connectivity index (χ4v) is 1.63. The maximum Gasteiger partial charge on any atom is 0.419 e. The Bertz CT molecular complexity index is 575. The first-order valence-corrected chi connectivity index (χ1v) is 5.04. The summed E-state index contributed by atoms with van der Waals surface area (Å²) in [6.45, 7) is 0. The molecule has 0 unspecified atom stereocenters. The van der Waals surface area contributed by atoms with Crippen molar-refractivity contribution in [2.75, 3.05) is 0 Å². The van der Waals surface area contributed by atoms with Gasteiger partial charge in [0.05, 0.1) is 5.56 Å². The van der Waals surface area contributed by atoms with Crippen molar-refractivity contribution < 1.29 is 22.7 Å². The van der Waals surface area contributed by atoms with E-state index in [9.17, 15) is 22.7 Å². The van der Waals surface area contributed by atoms with Gasteiger partial charge < -0.3 is 5.11 Å². The minimum absolute atomic E-state index is 0.0583. The highest BCUT2D eigenvalue weighted by molar-refractivity contribution is 5.66. The van der Waals surface area contributed by atoms with Crippen LogP contribution < -0.4 is 0 Å². The molecule has 0 heterocycles. The van der Waals surface area contributed by atoms with Crippen LogP contribution in [0.3, 0.4) is 0 Å². The molecule has 0 aliphatic heterocycles. The highest BCUT2D eigenvalue weighted by Gasteiger charge is 2.34. The van der Waals surface area contributed by atoms with Gasteiger partial charge in [0.25, 0.3) is 0 Å². The summed E-state index contributed by atoms with van der Waals surface area (Å²) in [5.41, 5.74) is -1.05. The lowest BCUT2D eigenvalue weighted by Gasteiger charge is -2.11. The number of phenolic OH excluding ortho intramolecular Hbond substituents is 1. The van der Waals surface area contributed by atoms with Gasteiger partial charge in [0.15, 0.2) is 0 Å². The molecule has 0 aromatic heterocycles. The summed E-state index contributed by atoms with van der Waals surface area (Å²) in [5.74, 6) is -1.49. The van der Waals surface area contributed by atoms with E-state index in [1.165, 1.54) is 24.3 Å². The van der Waals surface area contributed by atoms with Crippen LogP contribution in [-0.4, -0.2) is 5.11 Å². The van der Waals surface area contributed by atoms with E-state index < -0.39 is 23.3 Å². The summed E-state index contributed by atoms with van der Waals surface area (Å²) in [5, 5.41) is 9.17. The summed E-state index contributed by atoms with van der Waals surface area (Å²) in [7, 11) is 0. The van der Waals surface area contributed by atoms with Gasteiger partial charge in [-0.2, -0.15) is 13.2 Å². The van der Waals surface area contributed by atoms with E-state index in [0.29, 0.717) is 0 Å². The number of benzene rings is 2. The summed E-state index contributed by atoms with van der Waals surface area (Å²) in [4.78, 5) is 0. The average molecular weight is 256 g/mol. The molecule has 2 rings (SSSR count). The second kappa shape index (κ2) is 4.33. The fraction of sp³-hybridized carbons (Fsp3) is 0.0769. The number of halogens is 4. The van der Waals surface area contributed by atoms with Crippen molar-refractivity contribution in [3.63, 3.8) is 0 Å². The van der Waals surface area contributed by atoms with Gasteiger partial charge in [-0.25, -0.2) is 4.39 Å². The Morgan fingerprint density at radius 1 is 0.944 bits per heavy atom. The first-order chi connectivity index (χ1) is 8.39. The monoisotopic (exact) mass is 256 g/mol. The molecule has 0 amide bonds. The van der Waals surface area contributed by atoms with Crippen LogP contribution in [0, 0.1) is 5.82 Å². The van der Waals surface area contributed by atoms with Crippen molar-refractivity contribution in [2.45, 2.75) is 6.18 Å². The van der Waals surface area contributed by atoms with Crippen molar-refractivity contribution >= 4 is 0 Å². The van der Waals surface area contributed by atoms with Gasteiger partial charge >= 0.3 is 6.18 Å².